The number of rotatable bonds is 7. The first kappa shape index (κ1) is 15.0. The zero-order valence-electron chi connectivity index (χ0n) is 11.5. The van der Waals surface area contributed by atoms with Crippen molar-refractivity contribution >= 4 is 0 Å². The molecule has 102 valence electrons. The first-order valence-corrected chi connectivity index (χ1v) is 6.17. The highest BCUT2D eigenvalue weighted by molar-refractivity contribution is 5.27. The molecule has 18 heavy (non-hydrogen) atoms. The molecule has 1 aromatic carbocycles. The second-order valence-electron chi connectivity index (χ2n) is 5.20. The molecule has 4 nitrogen and oxygen atoms in total. The van der Waals surface area contributed by atoms with Gasteiger partial charge in [0.1, 0.15) is 24.0 Å². The van der Waals surface area contributed by atoms with Crippen LogP contribution in [0.2, 0.25) is 0 Å². The molecule has 0 amide bonds. The average Bonchev–Trinajstić information content (AvgIpc) is 2.33. The molecule has 0 unspecified atom stereocenters. The van der Waals surface area contributed by atoms with E-state index in [-0.39, 0.29) is 6.61 Å². The van der Waals surface area contributed by atoms with E-state index in [2.05, 4.69) is 5.73 Å². The normalized spacial score (nSPS) is 13.4. The Morgan fingerprint density at radius 3 is 2.39 bits per heavy atom. The number of hydrogen-bond donors (Lipinski definition) is 2. The number of methoxy groups -OCH3 is 1. The van der Waals surface area contributed by atoms with Gasteiger partial charge in [-0.15, -0.1) is 0 Å². The van der Waals surface area contributed by atoms with E-state index in [9.17, 15) is 5.11 Å². The summed E-state index contributed by atoms with van der Waals surface area (Å²) in [6.45, 7) is 4.74. The van der Waals surface area contributed by atoms with Crippen LogP contribution < -0.4 is 10.5 Å². The van der Waals surface area contributed by atoms with Crippen molar-refractivity contribution in [3.63, 3.8) is 0 Å². The van der Waals surface area contributed by atoms with Gasteiger partial charge < -0.3 is 20.3 Å². The van der Waals surface area contributed by atoms with Crippen LogP contribution in [-0.2, 0) is 11.2 Å². The molecule has 0 aliphatic heterocycles. The van der Waals surface area contributed by atoms with Crippen LogP contribution in [0.15, 0.2) is 24.3 Å². The summed E-state index contributed by atoms with van der Waals surface area (Å²) >= 11 is 0. The molecular formula is C14H24NO3+. The monoisotopic (exact) mass is 254 g/mol. The van der Waals surface area contributed by atoms with E-state index in [0.717, 1.165) is 12.2 Å². The quantitative estimate of drug-likeness (QED) is 0.750. The van der Waals surface area contributed by atoms with Gasteiger partial charge in [0, 0.05) is 7.11 Å². The Labute approximate surface area is 109 Å². The molecule has 0 saturated carbocycles. The third-order valence-corrected chi connectivity index (χ3v) is 2.83. The van der Waals surface area contributed by atoms with Gasteiger partial charge in [-0.25, -0.2) is 0 Å². The summed E-state index contributed by atoms with van der Waals surface area (Å²) in [5.74, 6) is 0.763. The molecule has 1 rings (SSSR count). The van der Waals surface area contributed by atoms with E-state index in [1.165, 1.54) is 5.56 Å². The summed E-state index contributed by atoms with van der Waals surface area (Å²) in [6, 6.07) is 7.84. The standard InChI is InChI=1S/C14H23NO3/c1-14(2,15)13(16)10-18-12-6-4-11(5-7-12)8-9-17-3/h4-7,13,16H,8-10,15H2,1-3H3/p+1/t13-/m1/s1. The smallest absolute Gasteiger partial charge is 0.142 e. The van der Waals surface area contributed by atoms with Crippen molar-refractivity contribution < 1.29 is 20.3 Å². The number of quaternary nitrogens is 1. The third kappa shape index (κ3) is 5.04. The second kappa shape index (κ2) is 6.73. The minimum atomic E-state index is -0.578. The van der Waals surface area contributed by atoms with Gasteiger partial charge in [-0.05, 0) is 38.0 Å². The molecule has 1 aromatic rings. The average molecular weight is 254 g/mol. The van der Waals surface area contributed by atoms with Crippen LogP contribution in [0.5, 0.6) is 5.75 Å². The van der Waals surface area contributed by atoms with Crippen molar-refractivity contribution in [2.75, 3.05) is 20.3 Å². The Morgan fingerprint density at radius 2 is 1.89 bits per heavy atom. The summed E-state index contributed by atoms with van der Waals surface area (Å²) in [6.07, 6.45) is 0.316. The lowest BCUT2D eigenvalue weighted by Crippen LogP contribution is -2.75. The van der Waals surface area contributed by atoms with E-state index in [1.54, 1.807) is 7.11 Å². The van der Waals surface area contributed by atoms with Gasteiger partial charge >= 0.3 is 0 Å². The van der Waals surface area contributed by atoms with Crippen LogP contribution in [0.1, 0.15) is 19.4 Å². The molecular weight excluding hydrogens is 230 g/mol. The van der Waals surface area contributed by atoms with Crippen molar-refractivity contribution in [1.29, 1.82) is 0 Å². The first-order valence-electron chi connectivity index (χ1n) is 6.17. The van der Waals surface area contributed by atoms with Crippen molar-refractivity contribution in [2.45, 2.75) is 31.9 Å². The van der Waals surface area contributed by atoms with Crippen LogP contribution in [0.3, 0.4) is 0 Å². The van der Waals surface area contributed by atoms with Crippen LogP contribution in [-0.4, -0.2) is 37.1 Å². The van der Waals surface area contributed by atoms with Gasteiger partial charge in [0.05, 0.1) is 6.61 Å². The number of hydrogen-bond acceptors (Lipinski definition) is 3. The fourth-order valence-corrected chi connectivity index (χ4v) is 1.37. The fourth-order valence-electron chi connectivity index (χ4n) is 1.37. The Kier molecular flexibility index (Phi) is 5.59. The number of aliphatic hydroxyl groups is 1. The molecule has 0 heterocycles. The molecule has 4 N–H and O–H groups in total. The largest absolute Gasteiger partial charge is 0.491 e. The maximum Gasteiger partial charge on any atom is 0.142 e. The third-order valence-electron chi connectivity index (χ3n) is 2.83. The Bertz CT molecular complexity index is 343. The van der Waals surface area contributed by atoms with E-state index < -0.39 is 11.6 Å². The highest BCUT2D eigenvalue weighted by Gasteiger charge is 2.27. The summed E-state index contributed by atoms with van der Waals surface area (Å²) in [4.78, 5) is 0. The lowest BCUT2D eigenvalue weighted by molar-refractivity contribution is -0.485. The number of benzene rings is 1. The highest BCUT2D eigenvalue weighted by atomic mass is 16.5. The molecule has 0 aliphatic rings. The number of ether oxygens (including phenoxy) is 2. The lowest BCUT2D eigenvalue weighted by atomic mass is 10.00. The van der Waals surface area contributed by atoms with Crippen LogP contribution in [0, 0.1) is 0 Å². The minimum Gasteiger partial charge on any atom is -0.491 e. The fraction of sp³-hybridized carbons (Fsp3) is 0.571. The zero-order valence-corrected chi connectivity index (χ0v) is 11.5. The molecule has 0 saturated heterocycles. The van der Waals surface area contributed by atoms with Crippen molar-refractivity contribution in [1.82, 2.24) is 0 Å². The molecule has 0 radical (unpaired) electrons. The second-order valence-corrected chi connectivity index (χ2v) is 5.20. The van der Waals surface area contributed by atoms with Gasteiger partial charge in [-0.3, -0.25) is 0 Å². The Balaban J connectivity index is 2.44. The van der Waals surface area contributed by atoms with Crippen LogP contribution in [0.25, 0.3) is 0 Å². The first-order chi connectivity index (χ1) is 8.43. The summed E-state index contributed by atoms with van der Waals surface area (Å²) in [7, 11) is 1.69. The van der Waals surface area contributed by atoms with Crippen molar-refractivity contribution in [3.8, 4) is 5.75 Å². The molecule has 0 aromatic heterocycles. The summed E-state index contributed by atoms with van der Waals surface area (Å²) < 4.78 is 10.6. The van der Waals surface area contributed by atoms with Gasteiger partial charge in [-0.2, -0.15) is 0 Å². The maximum atomic E-state index is 9.81. The Hall–Kier alpha value is -1.10. The van der Waals surface area contributed by atoms with E-state index in [4.69, 9.17) is 9.47 Å². The minimum absolute atomic E-state index is 0.258. The van der Waals surface area contributed by atoms with Crippen LogP contribution in [0.4, 0.5) is 0 Å². The predicted molar refractivity (Wildman–Crippen MR) is 70.5 cm³/mol. The Morgan fingerprint density at radius 1 is 1.28 bits per heavy atom. The van der Waals surface area contributed by atoms with Gasteiger partial charge in [0.25, 0.3) is 0 Å². The van der Waals surface area contributed by atoms with E-state index in [0.29, 0.717) is 6.61 Å². The summed E-state index contributed by atoms with van der Waals surface area (Å²) in [5.41, 5.74) is 4.69. The zero-order chi connectivity index (χ0) is 13.6. The molecule has 4 heteroatoms. The molecule has 0 fully saturated rings. The highest BCUT2D eigenvalue weighted by Crippen LogP contribution is 2.14. The predicted octanol–water partition coefficient (Wildman–Crippen LogP) is 0.636. The maximum absolute atomic E-state index is 9.81. The topological polar surface area (TPSA) is 66.3 Å². The lowest BCUT2D eigenvalue weighted by Gasteiger charge is -2.22. The van der Waals surface area contributed by atoms with Gasteiger partial charge in [0.15, 0.2) is 0 Å². The molecule has 1 atom stereocenters. The molecule has 0 aliphatic carbocycles. The van der Waals surface area contributed by atoms with E-state index >= 15 is 0 Å². The molecule has 0 bridgehead atoms. The summed E-state index contributed by atoms with van der Waals surface area (Å²) in [5, 5.41) is 9.81. The SMILES string of the molecule is COCCc1ccc(OC[C@@H](O)C(C)(C)[NH3+])cc1. The van der Waals surface area contributed by atoms with Crippen LogP contribution >= 0.6 is 0 Å². The van der Waals surface area contributed by atoms with E-state index in [1.807, 2.05) is 38.1 Å². The van der Waals surface area contributed by atoms with Crippen molar-refractivity contribution in [2.24, 2.45) is 0 Å². The van der Waals surface area contributed by atoms with Crippen molar-refractivity contribution in [3.05, 3.63) is 29.8 Å². The molecule has 0 spiro atoms. The van der Waals surface area contributed by atoms with Gasteiger partial charge in [0.2, 0.25) is 0 Å². The van der Waals surface area contributed by atoms with Gasteiger partial charge in [-0.1, -0.05) is 12.1 Å². The number of aliphatic hydroxyl groups excluding tert-OH is 1.